The summed E-state index contributed by atoms with van der Waals surface area (Å²) in [4.78, 5) is 11.4. The standard InChI is InChI=1S/C37H37NO6S/c1-26-31(24-36(44-26)30-9-3-2-4-10-30)19-22-43-35-16-14-29(15-17-37(39)40)34-25-38(21-18-33(34)35)45(41,42)23-20-28-12-7-11-27-8-5-6-13-32(27)28/h2-14,16,24H,15,17-23,25H2,1H3,(H,39,40). The Kier molecular flexibility index (Phi) is 9.05. The van der Waals surface area contributed by atoms with Crippen molar-refractivity contribution in [1.82, 2.24) is 4.31 Å². The van der Waals surface area contributed by atoms with Crippen molar-refractivity contribution in [2.75, 3.05) is 18.9 Å². The maximum Gasteiger partial charge on any atom is 0.303 e. The van der Waals surface area contributed by atoms with Crippen LogP contribution in [0.5, 0.6) is 5.75 Å². The number of carboxylic acid groups (broad SMARTS) is 1. The van der Waals surface area contributed by atoms with Gasteiger partial charge in [-0.1, -0.05) is 78.9 Å². The van der Waals surface area contributed by atoms with E-state index in [9.17, 15) is 18.3 Å². The maximum atomic E-state index is 13.6. The van der Waals surface area contributed by atoms with E-state index in [1.165, 1.54) is 0 Å². The first-order valence-corrected chi connectivity index (χ1v) is 17.0. The number of furan rings is 1. The van der Waals surface area contributed by atoms with Gasteiger partial charge in [0.2, 0.25) is 10.0 Å². The fraction of sp³-hybridized carbons (Fsp3) is 0.270. The summed E-state index contributed by atoms with van der Waals surface area (Å²) in [7, 11) is -3.57. The molecule has 1 aromatic heterocycles. The van der Waals surface area contributed by atoms with Crippen LogP contribution in [0.15, 0.2) is 95.4 Å². The van der Waals surface area contributed by atoms with Gasteiger partial charge in [0, 0.05) is 37.1 Å². The number of ether oxygens (including phenoxy) is 1. The van der Waals surface area contributed by atoms with Crippen molar-refractivity contribution in [3.63, 3.8) is 0 Å². The molecule has 0 atom stereocenters. The van der Waals surface area contributed by atoms with Crippen LogP contribution in [0.1, 0.15) is 40.0 Å². The second-order valence-electron chi connectivity index (χ2n) is 11.5. The van der Waals surface area contributed by atoms with E-state index < -0.39 is 16.0 Å². The van der Waals surface area contributed by atoms with Crippen LogP contribution in [-0.4, -0.2) is 42.7 Å². The SMILES string of the molecule is Cc1oc(-c2ccccc2)cc1CCOc1ccc(CCC(=O)O)c2c1CCN(S(=O)(=O)CCc1cccc3ccccc13)C2. The van der Waals surface area contributed by atoms with Crippen molar-refractivity contribution in [3.05, 3.63) is 125 Å². The Morgan fingerprint density at radius 1 is 0.867 bits per heavy atom. The summed E-state index contributed by atoms with van der Waals surface area (Å²) in [5.74, 6) is 1.52. The van der Waals surface area contributed by atoms with Gasteiger partial charge >= 0.3 is 5.97 Å². The third-order valence-corrected chi connectivity index (χ3v) is 10.5. The Morgan fingerprint density at radius 2 is 1.64 bits per heavy atom. The molecule has 6 rings (SSSR count). The first kappa shape index (κ1) is 30.6. The summed E-state index contributed by atoms with van der Waals surface area (Å²) in [6.45, 7) is 2.95. The fourth-order valence-corrected chi connectivity index (χ4v) is 7.62. The summed E-state index contributed by atoms with van der Waals surface area (Å²) in [6, 6.07) is 29.8. The summed E-state index contributed by atoms with van der Waals surface area (Å²) in [5, 5.41) is 11.5. The van der Waals surface area contributed by atoms with Crippen LogP contribution in [0.4, 0.5) is 0 Å². The predicted molar refractivity (Wildman–Crippen MR) is 176 cm³/mol. The number of hydrogen-bond donors (Lipinski definition) is 1. The van der Waals surface area contributed by atoms with E-state index >= 15 is 0 Å². The lowest BCUT2D eigenvalue weighted by Gasteiger charge is -2.31. The van der Waals surface area contributed by atoms with Gasteiger partial charge in [-0.25, -0.2) is 8.42 Å². The number of nitrogens with zero attached hydrogens (tertiary/aromatic N) is 1. The number of benzene rings is 4. The summed E-state index contributed by atoms with van der Waals surface area (Å²) < 4.78 is 41.1. The first-order valence-electron chi connectivity index (χ1n) is 15.4. The molecule has 8 heteroatoms. The average Bonchev–Trinajstić information content (AvgIpc) is 3.43. The molecule has 0 unspecified atom stereocenters. The Morgan fingerprint density at radius 3 is 2.47 bits per heavy atom. The molecule has 0 radical (unpaired) electrons. The van der Waals surface area contributed by atoms with Crippen LogP contribution in [0.25, 0.3) is 22.1 Å². The quantitative estimate of drug-likeness (QED) is 0.161. The molecule has 0 saturated heterocycles. The van der Waals surface area contributed by atoms with Crippen LogP contribution in [-0.2, 0) is 47.0 Å². The zero-order chi connectivity index (χ0) is 31.4. The van der Waals surface area contributed by atoms with Crippen LogP contribution >= 0.6 is 0 Å². The Balaban J connectivity index is 1.17. The third kappa shape index (κ3) is 6.97. The minimum atomic E-state index is -3.57. The second-order valence-corrected chi connectivity index (χ2v) is 13.6. The number of carboxylic acids is 1. The van der Waals surface area contributed by atoms with Crippen LogP contribution in [0.3, 0.4) is 0 Å². The van der Waals surface area contributed by atoms with Gasteiger partial charge in [0.1, 0.15) is 17.3 Å². The van der Waals surface area contributed by atoms with Gasteiger partial charge in [0.25, 0.3) is 0 Å². The van der Waals surface area contributed by atoms with E-state index in [0.717, 1.165) is 61.4 Å². The minimum absolute atomic E-state index is 0.00596. The van der Waals surface area contributed by atoms with Crippen molar-refractivity contribution in [2.45, 2.75) is 45.6 Å². The lowest BCUT2D eigenvalue weighted by Crippen LogP contribution is -2.38. The number of sulfonamides is 1. The predicted octanol–water partition coefficient (Wildman–Crippen LogP) is 6.98. The number of aryl methyl sites for hydroxylation is 3. The van der Waals surface area contributed by atoms with Crippen LogP contribution in [0, 0.1) is 6.92 Å². The highest BCUT2D eigenvalue weighted by molar-refractivity contribution is 7.89. The van der Waals surface area contributed by atoms with E-state index in [0.29, 0.717) is 38.8 Å². The van der Waals surface area contributed by atoms with Gasteiger partial charge in [-0.15, -0.1) is 0 Å². The molecule has 0 bridgehead atoms. The van der Waals surface area contributed by atoms with Crippen molar-refractivity contribution in [1.29, 1.82) is 0 Å². The molecule has 0 saturated carbocycles. The molecule has 4 aromatic carbocycles. The summed E-state index contributed by atoms with van der Waals surface area (Å²) in [6.07, 6.45) is 1.89. The van der Waals surface area contributed by atoms with Crippen molar-refractivity contribution in [3.8, 4) is 17.1 Å². The second kappa shape index (κ2) is 13.3. The molecule has 5 aromatic rings. The highest BCUT2D eigenvalue weighted by Gasteiger charge is 2.30. The average molecular weight is 624 g/mol. The fourth-order valence-electron chi connectivity index (χ4n) is 6.19. The zero-order valence-electron chi connectivity index (χ0n) is 25.4. The molecule has 0 amide bonds. The van der Waals surface area contributed by atoms with E-state index in [1.54, 1.807) is 4.31 Å². The highest BCUT2D eigenvalue weighted by Crippen LogP contribution is 2.34. The Hall–Kier alpha value is -4.40. The first-order chi connectivity index (χ1) is 21.8. The Labute approximate surface area is 264 Å². The topological polar surface area (TPSA) is 97.1 Å². The normalized spacial score (nSPS) is 13.5. The van der Waals surface area contributed by atoms with Gasteiger partial charge in [0.15, 0.2) is 0 Å². The van der Waals surface area contributed by atoms with E-state index in [2.05, 4.69) is 6.07 Å². The summed E-state index contributed by atoms with van der Waals surface area (Å²) >= 11 is 0. The number of fused-ring (bicyclic) bond motifs is 2. The van der Waals surface area contributed by atoms with Gasteiger partial charge < -0.3 is 14.3 Å². The van der Waals surface area contributed by atoms with Crippen LogP contribution in [0.2, 0.25) is 0 Å². The molecule has 0 aliphatic carbocycles. The minimum Gasteiger partial charge on any atom is -0.493 e. The molecule has 0 spiro atoms. The van der Waals surface area contributed by atoms with E-state index in [-0.39, 0.29) is 18.7 Å². The van der Waals surface area contributed by atoms with Crippen LogP contribution < -0.4 is 4.74 Å². The van der Waals surface area contributed by atoms with E-state index in [1.807, 2.05) is 91.9 Å². The largest absolute Gasteiger partial charge is 0.493 e. The van der Waals surface area contributed by atoms with Crippen molar-refractivity contribution < 1.29 is 27.5 Å². The zero-order valence-corrected chi connectivity index (χ0v) is 26.2. The monoisotopic (exact) mass is 623 g/mol. The van der Waals surface area contributed by atoms with E-state index in [4.69, 9.17) is 9.15 Å². The maximum absolute atomic E-state index is 13.6. The molecule has 1 aliphatic rings. The van der Waals surface area contributed by atoms with Gasteiger partial charge in [0.05, 0.1) is 12.4 Å². The van der Waals surface area contributed by atoms with Crippen molar-refractivity contribution >= 4 is 26.8 Å². The lowest BCUT2D eigenvalue weighted by molar-refractivity contribution is -0.136. The number of carbonyl (C=O) groups is 1. The summed E-state index contributed by atoms with van der Waals surface area (Å²) in [5.41, 5.74) is 5.79. The smallest absolute Gasteiger partial charge is 0.303 e. The number of hydrogen-bond acceptors (Lipinski definition) is 5. The Bertz CT molecular complexity index is 1920. The number of aliphatic carboxylic acids is 1. The molecular formula is C37H37NO6S. The molecule has 1 N–H and O–H groups in total. The number of rotatable bonds is 12. The van der Waals surface area contributed by atoms with Gasteiger partial charge in [-0.2, -0.15) is 4.31 Å². The molecule has 0 fully saturated rings. The molecule has 1 aliphatic heterocycles. The lowest BCUT2D eigenvalue weighted by atomic mass is 9.92. The molecular weight excluding hydrogens is 586 g/mol. The molecule has 45 heavy (non-hydrogen) atoms. The van der Waals surface area contributed by atoms with Crippen molar-refractivity contribution in [2.24, 2.45) is 0 Å². The highest BCUT2D eigenvalue weighted by atomic mass is 32.2. The van der Waals surface area contributed by atoms with Gasteiger partial charge in [-0.05, 0) is 71.3 Å². The third-order valence-electron chi connectivity index (χ3n) is 8.65. The molecule has 232 valence electrons. The van der Waals surface area contributed by atoms with Gasteiger partial charge in [-0.3, -0.25) is 4.79 Å². The molecule has 2 heterocycles. The molecule has 7 nitrogen and oxygen atoms in total.